The van der Waals surface area contributed by atoms with Gasteiger partial charge >= 0.3 is 0 Å². The molecule has 0 aliphatic heterocycles. The first-order valence-electron chi connectivity index (χ1n) is 5.48. The summed E-state index contributed by atoms with van der Waals surface area (Å²) in [5.41, 5.74) is 8.18. The van der Waals surface area contributed by atoms with Crippen LogP contribution in [0.5, 0.6) is 0 Å². The van der Waals surface area contributed by atoms with Crippen LogP contribution in [0.15, 0.2) is 48.5 Å². The molecule has 2 rings (SSSR count). The number of halogens is 2. The number of nitrogens with zero attached hydrogens (tertiary/aromatic N) is 1. The number of nitro benzene ring substituents is 1. The fourth-order valence-corrected chi connectivity index (χ4v) is 1.63. The number of anilines is 2. The molecule has 0 amide bonds. The SMILES string of the molecule is Cl.Cl.Nc1cccc(NCc2cccc([N+](=O)[O-])c2)c1. The first-order chi connectivity index (χ1) is 8.65. The van der Waals surface area contributed by atoms with Crippen LogP contribution < -0.4 is 11.1 Å². The molecule has 2 aromatic rings. The molecule has 20 heavy (non-hydrogen) atoms. The molecule has 2 aromatic carbocycles. The highest BCUT2D eigenvalue weighted by Gasteiger charge is 2.05. The van der Waals surface area contributed by atoms with Crippen LogP contribution in [-0.4, -0.2) is 4.92 Å². The van der Waals surface area contributed by atoms with Gasteiger partial charge in [0, 0.05) is 30.1 Å². The summed E-state index contributed by atoms with van der Waals surface area (Å²) in [5.74, 6) is 0. The number of rotatable bonds is 4. The Bertz CT molecular complexity index is 579. The van der Waals surface area contributed by atoms with Crippen LogP contribution >= 0.6 is 24.8 Å². The van der Waals surface area contributed by atoms with Gasteiger partial charge in [0.2, 0.25) is 0 Å². The van der Waals surface area contributed by atoms with E-state index in [2.05, 4.69) is 5.32 Å². The van der Waals surface area contributed by atoms with Gasteiger partial charge in [0.1, 0.15) is 0 Å². The summed E-state index contributed by atoms with van der Waals surface area (Å²) in [7, 11) is 0. The van der Waals surface area contributed by atoms with Crippen molar-refractivity contribution in [2.24, 2.45) is 0 Å². The minimum Gasteiger partial charge on any atom is -0.399 e. The molecular weight excluding hydrogens is 301 g/mol. The van der Waals surface area contributed by atoms with Gasteiger partial charge in [-0.1, -0.05) is 18.2 Å². The van der Waals surface area contributed by atoms with Crippen LogP contribution in [0.3, 0.4) is 0 Å². The average Bonchev–Trinajstić information content (AvgIpc) is 2.37. The van der Waals surface area contributed by atoms with Crippen molar-refractivity contribution in [2.45, 2.75) is 6.54 Å². The van der Waals surface area contributed by atoms with E-state index in [1.165, 1.54) is 6.07 Å². The van der Waals surface area contributed by atoms with E-state index in [-0.39, 0.29) is 30.5 Å². The Balaban J connectivity index is 0.00000180. The van der Waals surface area contributed by atoms with Crippen molar-refractivity contribution in [3.8, 4) is 0 Å². The van der Waals surface area contributed by atoms with Gasteiger partial charge in [-0.2, -0.15) is 0 Å². The lowest BCUT2D eigenvalue weighted by molar-refractivity contribution is -0.384. The third-order valence-electron chi connectivity index (χ3n) is 2.50. The number of benzene rings is 2. The lowest BCUT2D eigenvalue weighted by Crippen LogP contribution is -2.00. The van der Waals surface area contributed by atoms with Crippen molar-refractivity contribution in [3.63, 3.8) is 0 Å². The normalized spacial score (nSPS) is 9.00. The summed E-state index contributed by atoms with van der Waals surface area (Å²) >= 11 is 0. The summed E-state index contributed by atoms with van der Waals surface area (Å²) < 4.78 is 0. The van der Waals surface area contributed by atoms with Gasteiger partial charge in [-0.15, -0.1) is 24.8 Å². The minimum atomic E-state index is -0.399. The monoisotopic (exact) mass is 315 g/mol. The quantitative estimate of drug-likeness (QED) is 0.513. The number of nitro groups is 1. The number of nitrogens with two attached hydrogens (primary N) is 1. The summed E-state index contributed by atoms with van der Waals surface area (Å²) in [5, 5.41) is 13.8. The second-order valence-electron chi connectivity index (χ2n) is 3.91. The molecule has 0 aromatic heterocycles. The Morgan fingerprint density at radius 1 is 1.10 bits per heavy atom. The lowest BCUT2D eigenvalue weighted by atomic mass is 10.2. The Hall–Kier alpha value is -1.98. The molecule has 7 heteroatoms. The molecule has 0 saturated heterocycles. The van der Waals surface area contributed by atoms with E-state index in [1.807, 2.05) is 24.3 Å². The summed E-state index contributed by atoms with van der Waals surface area (Å²) in [6.07, 6.45) is 0. The van der Waals surface area contributed by atoms with E-state index in [9.17, 15) is 10.1 Å². The first-order valence-corrected chi connectivity index (χ1v) is 5.48. The zero-order valence-corrected chi connectivity index (χ0v) is 12.1. The van der Waals surface area contributed by atoms with Crippen LogP contribution in [0.1, 0.15) is 5.56 Å². The van der Waals surface area contributed by atoms with Crippen molar-refractivity contribution < 1.29 is 4.92 Å². The summed E-state index contributed by atoms with van der Waals surface area (Å²) in [6.45, 7) is 0.519. The molecule has 0 bridgehead atoms. The third kappa shape index (κ3) is 4.95. The highest BCUT2D eigenvalue weighted by Crippen LogP contribution is 2.16. The lowest BCUT2D eigenvalue weighted by Gasteiger charge is -2.07. The molecule has 0 radical (unpaired) electrons. The number of hydrogen-bond donors (Lipinski definition) is 2. The van der Waals surface area contributed by atoms with E-state index >= 15 is 0 Å². The predicted octanol–water partition coefficient (Wildman–Crippen LogP) is 3.63. The standard InChI is InChI=1S/C13H13N3O2.2ClH/c14-11-4-2-5-12(8-11)15-9-10-3-1-6-13(7-10)16(17)18;;/h1-8,15H,9,14H2;2*1H. The van der Waals surface area contributed by atoms with Crippen molar-refractivity contribution in [1.82, 2.24) is 0 Å². The second kappa shape index (κ2) is 8.24. The summed E-state index contributed by atoms with van der Waals surface area (Å²) in [6, 6.07) is 13.9. The number of nitrogen functional groups attached to an aromatic ring is 1. The maximum atomic E-state index is 10.6. The second-order valence-corrected chi connectivity index (χ2v) is 3.91. The maximum absolute atomic E-state index is 10.6. The number of nitrogens with one attached hydrogen (secondary N) is 1. The Morgan fingerprint density at radius 2 is 1.80 bits per heavy atom. The van der Waals surface area contributed by atoms with Crippen LogP contribution in [0.25, 0.3) is 0 Å². The first kappa shape index (κ1) is 18.0. The summed E-state index contributed by atoms with van der Waals surface area (Å²) in [4.78, 5) is 10.2. The zero-order chi connectivity index (χ0) is 13.0. The molecule has 0 saturated carbocycles. The molecule has 0 atom stereocenters. The van der Waals surface area contributed by atoms with E-state index < -0.39 is 4.92 Å². The minimum absolute atomic E-state index is 0. The van der Waals surface area contributed by atoms with Gasteiger partial charge in [-0.25, -0.2) is 0 Å². The smallest absolute Gasteiger partial charge is 0.269 e. The van der Waals surface area contributed by atoms with Crippen LogP contribution in [0, 0.1) is 10.1 Å². The molecule has 0 aliphatic rings. The van der Waals surface area contributed by atoms with E-state index in [4.69, 9.17) is 5.73 Å². The average molecular weight is 316 g/mol. The molecule has 3 N–H and O–H groups in total. The molecular formula is C13H15Cl2N3O2. The number of hydrogen-bond acceptors (Lipinski definition) is 4. The molecule has 0 aliphatic carbocycles. The molecule has 0 spiro atoms. The molecule has 0 unspecified atom stereocenters. The predicted molar refractivity (Wildman–Crippen MR) is 85.8 cm³/mol. The Kier molecular flexibility index (Phi) is 7.43. The Labute approximate surface area is 129 Å². The van der Waals surface area contributed by atoms with E-state index in [0.717, 1.165) is 11.3 Å². The zero-order valence-electron chi connectivity index (χ0n) is 10.5. The fourth-order valence-electron chi connectivity index (χ4n) is 1.63. The fraction of sp³-hybridized carbons (Fsp3) is 0.0769. The third-order valence-corrected chi connectivity index (χ3v) is 2.50. The van der Waals surface area contributed by atoms with E-state index in [1.54, 1.807) is 18.2 Å². The van der Waals surface area contributed by atoms with Gasteiger partial charge in [0.15, 0.2) is 0 Å². The maximum Gasteiger partial charge on any atom is 0.269 e. The highest BCUT2D eigenvalue weighted by molar-refractivity contribution is 5.85. The number of non-ortho nitro benzene ring substituents is 1. The van der Waals surface area contributed by atoms with Crippen molar-refractivity contribution >= 4 is 41.9 Å². The Morgan fingerprint density at radius 3 is 2.45 bits per heavy atom. The van der Waals surface area contributed by atoms with Gasteiger partial charge in [0.25, 0.3) is 5.69 Å². The van der Waals surface area contributed by atoms with Crippen molar-refractivity contribution in [1.29, 1.82) is 0 Å². The van der Waals surface area contributed by atoms with Crippen LogP contribution in [0.2, 0.25) is 0 Å². The molecule has 108 valence electrons. The van der Waals surface area contributed by atoms with Gasteiger partial charge < -0.3 is 11.1 Å². The van der Waals surface area contributed by atoms with E-state index in [0.29, 0.717) is 12.2 Å². The van der Waals surface area contributed by atoms with Crippen LogP contribution in [0.4, 0.5) is 17.1 Å². The molecule has 0 heterocycles. The van der Waals surface area contributed by atoms with Crippen molar-refractivity contribution in [2.75, 3.05) is 11.1 Å². The highest BCUT2D eigenvalue weighted by atomic mass is 35.5. The van der Waals surface area contributed by atoms with Gasteiger partial charge in [-0.3, -0.25) is 10.1 Å². The largest absolute Gasteiger partial charge is 0.399 e. The van der Waals surface area contributed by atoms with Crippen LogP contribution in [-0.2, 0) is 6.54 Å². The van der Waals surface area contributed by atoms with Gasteiger partial charge in [-0.05, 0) is 23.8 Å². The van der Waals surface area contributed by atoms with Gasteiger partial charge in [0.05, 0.1) is 4.92 Å². The molecule has 0 fully saturated rings. The topological polar surface area (TPSA) is 81.2 Å². The molecule has 5 nitrogen and oxygen atoms in total. The van der Waals surface area contributed by atoms with Crippen molar-refractivity contribution in [3.05, 3.63) is 64.2 Å².